The molecule has 0 aliphatic rings. The maximum absolute atomic E-state index is 6.04. The van der Waals surface area contributed by atoms with Crippen molar-refractivity contribution in [2.75, 3.05) is 18.5 Å². The molecule has 0 unspecified atom stereocenters. The van der Waals surface area contributed by atoms with Crippen LogP contribution >= 0.6 is 15.9 Å². The Kier molecular flexibility index (Phi) is 9.00. The van der Waals surface area contributed by atoms with Crippen molar-refractivity contribution in [2.24, 2.45) is 11.8 Å². The zero-order valence-corrected chi connectivity index (χ0v) is 14.0. The highest BCUT2D eigenvalue weighted by molar-refractivity contribution is 9.09. The predicted octanol–water partition coefficient (Wildman–Crippen LogP) is 4.19. The molecule has 0 aromatic heterocycles. The molecule has 98 valence electrons. The minimum Gasteiger partial charge on any atom is -0.394 e. The van der Waals surface area contributed by atoms with Gasteiger partial charge < -0.3 is 8.85 Å². The highest BCUT2D eigenvalue weighted by Gasteiger charge is 2.31. The van der Waals surface area contributed by atoms with E-state index in [4.69, 9.17) is 8.85 Å². The second kappa shape index (κ2) is 8.67. The summed E-state index contributed by atoms with van der Waals surface area (Å²) in [4.78, 5) is 0. The average Bonchev–Trinajstić information content (AvgIpc) is 2.21. The quantitative estimate of drug-likeness (QED) is 0.469. The third kappa shape index (κ3) is 8.73. The smallest absolute Gasteiger partial charge is 0.334 e. The first-order valence-electron chi connectivity index (χ1n) is 6.23. The van der Waals surface area contributed by atoms with Gasteiger partial charge in [-0.2, -0.15) is 0 Å². The fourth-order valence-corrected chi connectivity index (χ4v) is 4.62. The van der Waals surface area contributed by atoms with Gasteiger partial charge >= 0.3 is 8.56 Å². The van der Waals surface area contributed by atoms with Crippen molar-refractivity contribution >= 4 is 24.5 Å². The zero-order valence-electron chi connectivity index (χ0n) is 11.4. The van der Waals surface area contributed by atoms with Gasteiger partial charge in [0.2, 0.25) is 0 Å². The number of hydrogen-bond donors (Lipinski definition) is 0. The molecular formula is C12H27BrO2Si. The minimum atomic E-state index is -1.93. The lowest BCUT2D eigenvalue weighted by Gasteiger charge is -2.28. The van der Waals surface area contributed by atoms with Gasteiger partial charge in [-0.15, -0.1) is 0 Å². The Bertz CT molecular complexity index is 162. The van der Waals surface area contributed by atoms with Crippen LogP contribution in [0.3, 0.4) is 0 Å². The van der Waals surface area contributed by atoms with E-state index in [0.717, 1.165) is 31.0 Å². The van der Waals surface area contributed by atoms with E-state index >= 15 is 0 Å². The summed E-state index contributed by atoms with van der Waals surface area (Å²) in [6.07, 6.45) is 1.14. The fourth-order valence-electron chi connectivity index (χ4n) is 1.26. The van der Waals surface area contributed by atoms with E-state index in [1.54, 1.807) is 0 Å². The van der Waals surface area contributed by atoms with Crippen LogP contribution in [-0.2, 0) is 8.85 Å². The summed E-state index contributed by atoms with van der Waals surface area (Å²) in [7, 11) is -1.93. The maximum Gasteiger partial charge on any atom is 0.334 e. The molecule has 0 aromatic rings. The van der Waals surface area contributed by atoms with Gasteiger partial charge in [-0.25, -0.2) is 0 Å². The second-order valence-electron chi connectivity index (χ2n) is 5.34. The van der Waals surface area contributed by atoms with E-state index in [1.165, 1.54) is 0 Å². The van der Waals surface area contributed by atoms with E-state index in [-0.39, 0.29) is 0 Å². The van der Waals surface area contributed by atoms with Gasteiger partial charge in [0.05, 0.1) is 0 Å². The Balaban J connectivity index is 4.12. The Morgan fingerprint density at radius 3 is 1.75 bits per heavy atom. The van der Waals surface area contributed by atoms with E-state index in [9.17, 15) is 0 Å². The van der Waals surface area contributed by atoms with Crippen LogP contribution in [-0.4, -0.2) is 27.1 Å². The third-order valence-electron chi connectivity index (χ3n) is 2.21. The second-order valence-corrected chi connectivity index (χ2v) is 9.47. The molecule has 0 aromatic carbocycles. The Morgan fingerprint density at radius 2 is 1.44 bits per heavy atom. The van der Waals surface area contributed by atoms with Crippen LogP contribution < -0.4 is 0 Å². The van der Waals surface area contributed by atoms with Gasteiger partial charge in [0, 0.05) is 18.5 Å². The summed E-state index contributed by atoms with van der Waals surface area (Å²) in [6.45, 7) is 12.6. The van der Waals surface area contributed by atoms with Gasteiger partial charge in [-0.1, -0.05) is 43.6 Å². The highest BCUT2D eigenvalue weighted by Crippen LogP contribution is 2.19. The first-order chi connectivity index (χ1) is 7.39. The largest absolute Gasteiger partial charge is 0.394 e. The normalized spacial score (nSPS) is 12.8. The maximum atomic E-state index is 6.04. The van der Waals surface area contributed by atoms with Crippen molar-refractivity contribution in [1.29, 1.82) is 0 Å². The monoisotopic (exact) mass is 310 g/mol. The molecule has 0 radical (unpaired) electrons. The lowest BCUT2D eigenvalue weighted by Crippen LogP contribution is -2.40. The van der Waals surface area contributed by atoms with Crippen molar-refractivity contribution in [2.45, 2.75) is 46.7 Å². The molecule has 0 atom stereocenters. The SMILES string of the molecule is CC(C)CO[Si](C)(CCCBr)OCC(C)C. The van der Waals surface area contributed by atoms with Crippen LogP contribution in [0.4, 0.5) is 0 Å². The molecule has 2 nitrogen and oxygen atoms in total. The molecule has 0 rings (SSSR count). The van der Waals surface area contributed by atoms with Crippen molar-refractivity contribution in [3.05, 3.63) is 0 Å². The molecule has 0 amide bonds. The van der Waals surface area contributed by atoms with Gasteiger partial charge in [0.1, 0.15) is 0 Å². The number of halogens is 1. The first-order valence-corrected chi connectivity index (χ1v) is 9.88. The van der Waals surface area contributed by atoms with Crippen molar-refractivity contribution < 1.29 is 8.85 Å². The van der Waals surface area contributed by atoms with E-state index in [2.05, 4.69) is 50.2 Å². The molecule has 0 bridgehead atoms. The molecular weight excluding hydrogens is 284 g/mol. The molecule has 0 N–H and O–H groups in total. The van der Waals surface area contributed by atoms with Crippen LogP contribution in [0.25, 0.3) is 0 Å². The molecule has 0 saturated carbocycles. The third-order valence-corrected chi connectivity index (χ3v) is 5.59. The van der Waals surface area contributed by atoms with Crippen LogP contribution in [0.5, 0.6) is 0 Å². The van der Waals surface area contributed by atoms with Gasteiger partial charge in [0.25, 0.3) is 0 Å². The lowest BCUT2D eigenvalue weighted by molar-refractivity contribution is 0.142. The van der Waals surface area contributed by atoms with Crippen LogP contribution in [0.15, 0.2) is 0 Å². The summed E-state index contributed by atoms with van der Waals surface area (Å²) in [5.41, 5.74) is 0. The van der Waals surface area contributed by atoms with Crippen molar-refractivity contribution in [1.82, 2.24) is 0 Å². The van der Waals surface area contributed by atoms with Gasteiger partial charge in [-0.05, 0) is 30.8 Å². The Morgan fingerprint density at radius 1 is 1.00 bits per heavy atom. The average molecular weight is 311 g/mol. The molecule has 4 heteroatoms. The fraction of sp³-hybridized carbons (Fsp3) is 1.00. The van der Waals surface area contributed by atoms with E-state index in [1.807, 2.05) is 0 Å². The van der Waals surface area contributed by atoms with Gasteiger partial charge in [0.15, 0.2) is 0 Å². The Labute approximate surface area is 110 Å². The van der Waals surface area contributed by atoms with Crippen molar-refractivity contribution in [3.8, 4) is 0 Å². The molecule has 0 aliphatic carbocycles. The van der Waals surface area contributed by atoms with Gasteiger partial charge in [-0.3, -0.25) is 0 Å². The lowest BCUT2D eigenvalue weighted by atomic mass is 10.2. The summed E-state index contributed by atoms with van der Waals surface area (Å²) in [5, 5.41) is 1.03. The molecule has 0 spiro atoms. The summed E-state index contributed by atoms with van der Waals surface area (Å²) in [5.74, 6) is 1.16. The molecule has 0 aliphatic heterocycles. The summed E-state index contributed by atoms with van der Waals surface area (Å²) < 4.78 is 12.1. The van der Waals surface area contributed by atoms with Crippen LogP contribution in [0.1, 0.15) is 34.1 Å². The minimum absolute atomic E-state index is 0.582. The molecule has 0 heterocycles. The number of rotatable bonds is 9. The first kappa shape index (κ1) is 16.6. The van der Waals surface area contributed by atoms with Crippen molar-refractivity contribution in [3.63, 3.8) is 0 Å². The highest BCUT2D eigenvalue weighted by atomic mass is 79.9. The van der Waals surface area contributed by atoms with Crippen LogP contribution in [0, 0.1) is 11.8 Å². The number of hydrogen-bond acceptors (Lipinski definition) is 2. The van der Waals surface area contributed by atoms with Crippen LogP contribution in [0.2, 0.25) is 12.6 Å². The standard InChI is InChI=1S/C12H27BrO2Si/c1-11(2)9-14-16(5,8-6-7-13)15-10-12(3)4/h11-12H,6-10H2,1-5H3. The predicted molar refractivity (Wildman–Crippen MR) is 76.4 cm³/mol. The summed E-state index contributed by atoms with van der Waals surface area (Å²) in [6, 6.07) is 1.08. The summed E-state index contributed by atoms with van der Waals surface area (Å²) >= 11 is 3.47. The molecule has 16 heavy (non-hydrogen) atoms. The topological polar surface area (TPSA) is 18.5 Å². The molecule has 0 fully saturated rings. The number of alkyl halides is 1. The van der Waals surface area contributed by atoms with E-state index < -0.39 is 8.56 Å². The Hall–Kier alpha value is 0.617. The van der Waals surface area contributed by atoms with E-state index in [0.29, 0.717) is 11.8 Å². The zero-order chi connectivity index (χ0) is 12.6. The molecule has 0 saturated heterocycles.